The third-order valence-electron chi connectivity index (χ3n) is 5.56. The van der Waals surface area contributed by atoms with Gasteiger partial charge in [0.2, 0.25) is 15.9 Å². The Morgan fingerprint density at radius 3 is 2.61 bits per heavy atom. The number of thioether (sulfide) groups is 1. The minimum Gasteiger partial charge on any atom is -0.497 e. The number of nitrogens with zero attached hydrogens (tertiary/aromatic N) is 2. The van der Waals surface area contributed by atoms with E-state index in [0.717, 1.165) is 30.6 Å². The number of nitrogens with one attached hydrogen (secondary N) is 1. The van der Waals surface area contributed by atoms with Crippen molar-refractivity contribution in [1.82, 2.24) is 14.6 Å². The minimum atomic E-state index is -3.55. The van der Waals surface area contributed by atoms with Gasteiger partial charge < -0.3 is 14.5 Å². The molecule has 2 aromatic carbocycles. The summed E-state index contributed by atoms with van der Waals surface area (Å²) in [5, 5.41) is 2.79. The summed E-state index contributed by atoms with van der Waals surface area (Å²) in [6, 6.07) is 12.2. The Bertz CT molecular complexity index is 1220. The molecular weight excluding hydrogens is 462 g/mol. The van der Waals surface area contributed by atoms with E-state index >= 15 is 0 Å². The standard InChI is InChI=1S/C23H27N3O5S2/c1-16(22(27)24-15-17-6-8-18(30-2)9-7-17)32-23-25-20-14-19(10-11-21(20)31-23)33(28,29)26-12-4-3-5-13-26/h6-11,14,16H,3-5,12-13,15H2,1-2H3,(H,24,27)/t16-/m1/s1. The van der Waals surface area contributed by atoms with Gasteiger partial charge in [0.15, 0.2) is 5.58 Å². The molecule has 4 rings (SSSR count). The van der Waals surface area contributed by atoms with Crippen molar-refractivity contribution in [3.05, 3.63) is 48.0 Å². The second-order valence-electron chi connectivity index (χ2n) is 7.90. The van der Waals surface area contributed by atoms with Crippen molar-refractivity contribution in [2.45, 2.75) is 48.1 Å². The topological polar surface area (TPSA) is 102 Å². The Morgan fingerprint density at radius 1 is 1.18 bits per heavy atom. The number of rotatable bonds is 8. The minimum absolute atomic E-state index is 0.147. The summed E-state index contributed by atoms with van der Waals surface area (Å²) in [4.78, 5) is 17.1. The molecule has 1 aliphatic heterocycles. The molecule has 10 heteroatoms. The molecule has 0 bridgehead atoms. The average molecular weight is 490 g/mol. The molecule has 1 aromatic heterocycles. The van der Waals surface area contributed by atoms with Gasteiger partial charge in [0.05, 0.1) is 17.3 Å². The molecule has 1 N–H and O–H groups in total. The lowest BCUT2D eigenvalue weighted by molar-refractivity contribution is -0.120. The molecular formula is C23H27N3O5S2. The molecule has 33 heavy (non-hydrogen) atoms. The number of sulfonamides is 1. The van der Waals surface area contributed by atoms with Crippen LogP contribution in [0.25, 0.3) is 11.1 Å². The van der Waals surface area contributed by atoms with E-state index in [1.165, 1.54) is 16.1 Å². The number of aromatic nitrogens is 1. The first-order valence-electron chi connectivity index (χ1n) is 10.8. The fourth-order valence-electron chi connectivity index (χ4n) is 3.63. The second kappa shape index (κ2) is 10.1. The molecule has 1 atom stereocenters. The lowest BCUT2D eigenvalue weighted by Gasteiger charge is -2.25. The van der Waals surface area contributed by atoms with Crippen LogP contribution >= 0.6 is 11.8 Å². The molecule has 176 valence electrons. The lowest BCUT2D eigenvalue weighted by Crippen LogP contribution is -2.35. The molecule has 0 radical (unpaired) electrons. The van der Waals surface area contributed by atoms with Gasteiger partial charge >= 0.3 is 0 Å². The van der Waals surface area contributed by atoms with Crippen LogP contribution in [0.15, 0.2) is 57.0 Å². The van der Waals surface area contributed by atoms with Crippen LogP contribution in [0.3, 0.4) is 0 Å². The summed E-state index contributed by atoms with van der Waals surface area (Å²) in [7, 11) is -1.94. The molecule has 1 aliphatic rings. The van der Waals surface area contributed by atoms with Crippen LogP contribution in [-0.4, -0.2) is 49.1 Å². The number of fused-ring (bicyclic) bond motifs is 1. The predicted octanol–water partition coefficient (Wildman–Crippen LogP) is 3.81. The van der Waals surface area contributed by atoms with Gasteiger partial charge in [0.1, 0.15) is 11.3 Å². The summed E-state index contributed by atoms with van der Waals surface area (Å²) < 4.78 is 38.3. The number of methoxy groups -OCH3 is 1. The van der Waals surface area contributed by atoms with Gasteiger partial charge in [0, 0.05) is 19.6 Å². The number of amides is 1. The summed E-state index contributed by atoms with van der Waals surface area (Å²) in [6.07, 6.45) is 2.82. The van der Waals surface area contributed by atoms with Gasteiger partial charge in [-0.05, 0) is 55.7 Å². The van der Waals surface area contributed by atoms with Crippen LogP contribution in [0.1, 0.15) is 31.7 Å². The number of benzene rings is 2. The third kappa shape index (κ3) is 5.51. The molecule has 2 heterocycles. The van der Waals surface area contributed by atoms with Crippen molar-refractivity contribution in [3.63, 3.8) is 0 Å². The second-order valence-corrected chi connectivity index (χ2v) is 11.1. The molecule has 1 saturated heterocycles. The van der Waals surface area contributed by atoms with E-state index in [1.54, 1.807) is 32.2 Å². The van der Waals surface area contributed by atoms with E-state index in [9.17, 15) is 13.2 Å². The van der Waals surface area contributed by atoms with Crippen molar-refractivity contribution in [3.8, 4) is 5.75 Å². The number of piperidine rings is 1. The number of oxazole rings is 1. The molecule has 0 saturated carbocycles. The highest BCUT2D eigenvalue weighted by molar-refractivity contribution is 8.00. The summed E-state index contributed by atoms with van der Waals surface area (Å²) in [5.41, 5.74) is 1.91. The zero-order valence-electron chi connectivity index (χ0n) is 18.6. The Balaban J connectivity index is 1.40. The van der Waals surface area contributed by atoms with Crippen LogP contribution in [-0.2, 0) is 21.4 Å². The molecule has 0 unspecified atom stereocenters. The molecule has 0 spiro atoms. The van der Waals surface area contributed by atoms with Crippen molar-refractivity contribution < 1.29 is 22.4 Å². The summed E-state index contributed by atoms with van der Waals surface area (Å²) in [6.45, 7) is 3.26. The van der Waals surface area contributed by atoms with Crippen molar-refractivity contribution in [2.75, 3.05) is 20.2 Å². The summed E-state index contributed by atoms with van der Waals surface area (Å²) >= 11 is 1.19. The van der Waals surface area contributed by atoms with Crippen LogP contribution in [0.5, 0.6) is 5.75 Å². The first kappa shape index (κ1) is 23.6. The molecule has 3 aromatic rings. The van der Waals surface area contributed by atoms with Gasteiger partial charge in [-0.1, -0.05) is 30.3 Å². The molecule has 0 aliphatic carbocycles. The van der Waals surface area contributed by atoms with Crippen molar-refractivity contribution in [2.24, 2.45) is 0 Å². The average Bonchev–Trinajstić information content (AvgIpc) is 3.24. The van der Waals surface area contributed by atoms with Gasteiger partial charge in [-0.3, -0.25) is 4.79 Å². The van der Waals surface area contributed by atoms with Gasteiger partial charge in [-0.2, -0.15) is 4.31 Å². The fraction of sp³-hybridized carbons (Fsp3) is 0.391. The maximum Gasteiger partial charge on any atom is 0.257 e. The zero-order valence-corrected chi connectivity index (χ0v) is 20.2. The van der Waals surface area contributed by atoms with Gasteiger partial charge in [-0.15, -0.1) is 0 Å². The van der Waals surface area contributed by atoms with E-state index < -0.39 is 15.3 Å². The first-order valence-corrected chi connectivity index (χ1v) is 13.2. The monoisotopic (exact) mass is 489 g/mol. The van der Waals surface area contributed by atoms with Crippen LogP contribution in [0.4, 0.5) is 0 Å². The normalized spacial score (nSPS) is 15.9. The highest BCUT2D eigenvalue weighted by Crippen LogP contribution is 2.29. The third-order valence-corrected chi connectivity index (χ3v) is 8.40. The van der Waals surface area contributed by atoms with E-state index in [2.05, 4.69) is 10.3 Å². The fourth-order valence-corrected chi connectivity index (χ4v) is 5.95. The highest BCUT2D eigenvalue weighted by atomic mass is 32.2. The van der Waals surface area contributed by atoms with Gasteiger partial charge in [-0.25, -0.2) is 13.4 Å². The number of ether oxygens (including phenoxy) is 1. The predicted molar refractivity (Wildman–Crippen MR) is 127 cm³/mol. The van der Waals surface area contributed by atoms with Crippen molar-refractivity contribution in [1.29, 1.82) is 0 Å². The number of hydrogen-bond acceptors (Lipinski definition) is 7. The largest absolute Gasteiger partial charge is 0.497 e. The SMILES string of the molecule is COc1ccc(CNC(=O)[C@@H](C)Sc2nc3cc(S(=O)(=O)N4CCCCC4)ccc3o2)cc1. The van der Waals surface area contributed by atoms with E-state index in [0.29, 0.717) is 36.0 Å². The number of carbonyl (C=O) groups is 1. The van der Waals surface area contributed by atoms with E-state index in [1.807, 2.05) is 24.3 Å². The Labute approximate surface area is 197 Å². The Hall–Kier alpha value is -2.56. The quantitative estimate of drug-likeness (QED) is 0.480. The van der Waals surface area contributed by atoms with Crippen LogP contribution in [0, 0.1) is 0 Å². The summed E-state index contributed by atoms with van der Waals surface area (Å²) in [5.74, 6) is 0.614. The van der Waals surface area contributed by atoms with Crippen LogP contribution < -0.4 is 10.1 Å². The molecule has 1 amide bonds. The lowest BCUT2D eigenvalue weighted by atomic mass is 10.2. The highest BCUT2D eigenvalue weighted by Gasteiger charge is 2.27. The van der Waals surface area contributed by atoms with E-state index in [4.69, 9.17) is 9.15 Å². The maximum atomic E-state index is 12.9. The number of hydrogen-bond donors (Lipinski definition) is 1. The zero-order chi connectivity index (χ0) is 23.4. The number of carbonyl (C=O) groups excluding carboxylic acids is 1. The first-order chi connectivity index (χ1) is 15.9. The van der Waals surface area contributed by atoms with Gasteiger partial charge in [0.25, 0.3) is 5.22 Å². The van der Waals surface area contributed by atoms with Crippen molar-refractivity contribution >= 4 is 38.8 Å². The smallest absolute Gasteiger partial charge is 0.257 e. The molecule has 1 fully saturated rings. The Kier molecular flexibility index (Phi) is 7.26. The maximum absolute atomic E-state index is 12.9. The van der Waals surface area contributed by atoms with Crippen LogP contribution in [0.2, 0.25) is 0 Å². The van der Waals surface area contributed by atoms with E-state index in [-0.39, 0.29) is 10.8 Å². The Morgan fingerprint density at radius 2 is 1.91 bits per heavy atom. The molecule has 8 nitrogen and oxygen atoms in total.